The second-order valence-electron chi connectivity index (χ2n) is 4.80. The number of carbonyl (C=O) groups excluding carboxylic acids is 1. The fourth-order valence-corrected chi connectivity index (χ4v) is 4.36. The van der Waals surface area contributed by atoms with Gasteiger partial charge in [-0.2, -0.15) is 4.31 Å². The van der Waals surface area contributed by atoms with Gasteiger partial charge in [0.25, 0.3) is 0 Å². The predicted octanol–water partition coefficient (Wildman–Crippen LogP) is 0.945. The lowest BCUT2D eigenvalue weighted by Crippen LogP contribution is -2.33. The van der Waals surface area contributed by atoms with Gasteiger partial charge in [0.15, 0.2) is 0 Å². The molecule has 8 heteroatoms. The SMILES string of the molecule is CC(O)CN(C)S(=O)(=O)c1cc2c(cc1Br)NC(=O)C2. The number of likely N-dealkylation sites (N-methyl/N-ethyl adjacent to an activating group) is 1. The lowest BCUT2D eigenvalue weighted by molar-refractivity contribution is -0.115. The molecule has 0 aromatic heterocycles. The van der Waals surface area contributed by atoms with Crippen LogP contribution in [0.4, 0.5) is 5.69 Å². The zero-order valence-electron chi connectivity index (χ0n) is 11.1. The number of nitrogens with one attached hydrogen (secondary N) is 1. The zero-order chi connectivity index (χ0) is 15.1. The van der Waals surface area contributed by atoms with Crippen molar-refractivity contribution in [2.24, 2.45) is 0 Å². The quantitative estimate of drug-likeness (QED) is 0.834. The Kier molecular flexibility index (Phi) is 4.19. The first kappa shape index (κ1) is 15.4. The highest BCUT2D eigenvalue weighted by Crippen LogP contribution is 2.33. The molecule has 20 heavy (non-hydrogen) atoms. The van der Waals surface area contributed by atoms with Crippen molar-refractivity contribution < 1.29 is 18.3 Å². The molecule has 0 bridgehead atoms. The van der Waals surface area contributed by atoms with Gasteiger partial charge in [-0.3, -0.25) is 4.79 Å². The highest BCUT2D eigenvalue weighted by molar-refractivity contribution is 9.10. The summed E-state index contributed by atoms with van der Waals surface area (Å²) >= 11 is 3.22. The van der Waals surface area contributed by atoms with E-state index in [0.717, 1.165) is 4.31 Å². The van der Waals surface area contributed by atoms with E-state index in [4.69, 9.17) is 0 Å². The molecule has 2 rings (SSSR count). The van der Waals surface area contributed by atoms with Crippen molar-refractivity contribution in [1.82, 2.24) is 4.31 Å². The molecule has 1 atom stereocenters. The minimum atomic E-state index is -3.72. The number of hydrogen-bond acceptors (Lipinski definition) is 4. The topological polar surface area (TPSA) is 86.7 Å². The summed E-state index contributed by atoms with van der Waals surface area (Å²) in [6.07, 6.45) is -0.586. The standard InChI is InChI=1S/C12H15BrN2O4S/c1-7(16)6-15(2)20(18,19)11-3-8-4-12(17)14-10(8)5-9(11)13/h3,5,7,16H,4,6H2,1-2H3,(H,14,17). The number of aliphatic hydroxyl groups excluding tert-OH is 1. The second kappa shape index (κ2) is 5.44. The van der Waals surface area contributed by atoms with Gasteiger partial charge < -0.3 is 10.4 Å². The zero-order valence-corrected chi connectivity index (χ0v) is 13.5. The summed E-state index contributed by atoms with van der Waals surface area (Å²) < 4.78 is 26.4. The molecule has 6 nitrogen and oxygen atoms in total. The van der Waals surface area contributed by atoms with E-state index in [1.807, 2.05) is 0 Å². The fraction of sp³-hybridized carbons (Fsp3) is 0.417. The summed E-state index contributed by atoms with van der Waals surface area (Å²) in [4.78, 5) is 11.4. The first-order valence-corrected chi connectivity index (χ1v) is 8.22. The molecule has 1 aromatic rings. The summed E-state index contributed by atoms with van der Waals surface area (Å²) in [6, 6.07) is 3.08. The van der Waals surface area contributed by atoms with Crippen LogP contribution in [0.1, 0.15) is 12.5 Å². The van der Waals surface area contributed by atoms with Crippen molar-refractivity contribution in [2.45, 2.75) is 24.3 Å². The molecule has 1 aliphatic rings. The summed E-state index contributed by atoms with van der Waals surface area (Å²) in [5.41, 5.74) is 1.28. The van der Waals surface area contributed by atoms with E-state index in [1.54, 1.807) is 6.07 Å². The number of halogens is 1. The predicted molar refractivity (Wildman–Crippen MR) is 78.0 cm³/mol. The van der Waals surface area contributed by atoms with Gasteiger partial charge >= 0.3 is 0 Å². The molecule has 2 N–H and O–H groups in total. The van der Waals surface area contributed by atoms with E-state index in [-0.39, 0.29) is 23.8 Å². The Balaban J connectivity index is 2.43. The van der Waals surface area contributed by atoms with E-state index in [2.05, 4.69) is 21.2 Å². The Hall–Kier alpha value is -0.960. The van der Waals surface area contributed by atoms with Crippen molar-refractivity contribution in [3.63, 3.8) is 0 Å². The average Bonchev–Trinajstić information content (AvgIpc) is 2.66. The van der Waals surface area contributed by atoms with Crippen molar-refractivity contribution in [3.8, 4) is 0 Å². The van der Waals surface area contributed by atoms with Crippen LogP contribution in [0.15, 0.2) is 21.5 Å². The third-order valence-corrected chi connectivity index (χ3v) is 5.77. The fourth-order valence-electron chi connectivity index (χ4n) is 2.06. The Bertz CT molecular complexity index is 658. The number of anilines is 1. The number of nitrogens with zero attached hydrogens (tertiary/aromatic N) is 1. The Labute approximate surface area is 126 Å². The Morgan fingerprint density at radius 1 is 1.50 bits per heavy atom. The number of aliphatic hydroxyl groups is 1. The van der Waals surface area contributed by atoms with Crippen LogP contribution in [-0.2, 0) is 21.2 Å². The summed E-state index contributed by atoms with van der Waals surface area (Å²) in [7, 11) is -2.31. The monoisotopic (exact) mass is 362 g/mol. The number of amides is 1. The van der Waals surface area contributed by atoms with Gasteiger partial charge in [0.05, 0.1) is 17.4 Å². The first-order chi connectivity index (χ1) is 9.21. The number of carbonyl (C=O) groups is 1. The number of hydrogen-bond donors (Lipinski definition) is 2. The lowest BCUT2D eigenvalue weighted by atomic mass is 10.2. The lowest BCUT2D eigenvalue weighted by Gasteiger charge is -2.20. The van der Waals surface area contributed by atoms with Crippen molar-refractivity contribution in [1.29, 1.82) is 0 Å². The van der Waals surface area contributed by atoms with Crippen molar-refractivity contribution >= 4 is 37.5 Å². The minimum absolute atomic E-state index is 0.00301. The van der Waals surface area contributed by atoms with Crippen LogP contribution in [-0.4, -0.2) is 43.4 Å². The third-order valence-electron chi connectivity index (χ3n) is 2.99. The Morgan fingerprint density at radius 3 is 2.75 bits per heavy atom. The van der Waals surface area contributed by atoms with Gasteiger partial charge in [-0.25, -0.2) is 8.42 Å². The maximum atomic E-state index is 12.4. The van der Waals surface area contributed by atoms with Gasteiger partial charge in [0, 0.05) is 23.8 Å². The van der Waals surface area contributed by atoms with E-state index < -0.39 is 16.1 Å². The summed E-state index contributed by atoms with van der Waals surface area (Å²) in [5, 5.41) is 12.0. The molecular weight excluding hydrogens is 348 g/mol. The van der Waals surface area contributed by atoms with Gasteiger partial charge in [0.1, 0.15) is 0 Å². The smallest absolute Gasteiger partial charge is 0.244 e. The van der Waals surface area contributed by atoms with Crippen LogP contribution in [0.25, 0.3) is 0 Å². The van der Waals surface area contributed by atoms with Crippen LogP contribution in [0.5, 0.6) is 0 Å². The molecule has 110 valence electrons. The van der Waals surface area contributed by atoms with Crippen LogP contribution >= 0.6 is 15.9 Å². The Morgan fingerprint density at radius 2 is 2.15 bits per heavy atom. The molecule has 0 saturated carbocycles. The van der Waals surface area contributed by atoms with Crippen LogP contribution in [0.2, 0.25) is 0 Å². The van der Waals surface area contributed by atoms with Gasteiger partial charge in [0.2, 0.25) is 15.9 Å². The van der Waals surface area contributed by atoms with Gasteiger partial charge in [-0.05, 0) is 40.5 Å². The van der Waals surface area contributed by atoms with Crippen molar-refractivity contribution in [2.75, 3.05) is 18.9 Å². The molecule has 1 unspecified atom stereocenters. The molecule has 0 saturated heterocycles. The van der Waals surface area contributed by atoms with E-state index in [1.165, 1.54) is 20.0 Å². The first-order valence-electron chi connectivity index (χ1n) is 5.98. The van der Waals surface area contributed by atoms with Gasteiger partial charge in [-0.1, -0.05) is 0 Å². The summed E-state index contributed by atoms with van der Waals surface area (Å²) in [5.74, 6) is -0.154. The molecule has 1 amide bonds. The largest absolute Gasteiger partial charge is 0.392 e. The van der Waals surface area contributed by atoms with E-state index in [9.17, 15) is 18.3 Å². The second-order valence-corrected chi connectivity index (χ2v) is 7.67. The molecule has 1 aromatic carbocycles. The number of fused-ring (bicyclic) bond motifs is 1. The van der Waals surface area contributed by atoms with E-state index in [0.29, 0.717) is 15.7 Å². The number of sulfonamides is 1. The molecule has 1 aliphatic heterocycles. The maximum Gasteiger partial charge on any atom is 0.244 e. The van der Waals surface area contributed by atoms with E-state index >= 15 is 0 Å². The molecule has 0 aliphatic carbocycles. The van der Waals surface area contributed by atoms with Crippen LogP contribution in [0.3, 0.4) is 0 Å². The third kappa shape index (κ3) is 2.88. The maximum absolute atomic E-state index is 12.4. The summed E-state index contributed by atoms with van der Waals surface area (Å²) in [6.45, 7) is 1.52. The minimum Gasteiger partial charge on any atom is -0.392 e. The molecule has 1 heterocycles. The highest BCUT2D eigenvalue weighted by Gasteiger charge is 2.28. The van der Waals surface area contributed by atoms with Crippen LogP contribution < -0.4 is 5.32 Å². The van der Waals surface area contributed by atoms with Crippen molar-refractivity contribution in [3.05, 3.63) is 22.2 Å². The normalized spacial score (nSPS) is 16.1. The highest BCUT2D eigenvalue weighted by atomic mass is 79.9. The molecule has 0 radical (unpaired) electrons. The van der Waals surface area contributed by atoms with Gasteiger partial charge in [-0.15, -0.1) is 0 Å². The number of benzene rings is 1. The number of rotatable bonds is 4. The molecule has 0 spiro atoms. The average molecular weight is 363 g/mol. The molecule has 0 fully saturated rings. The van der Waals surface area contributed by atoms with Crippen LogP contribution in [0, 0.1) is 0 Å². The molecular formula is C12H15BrN2O4S.